The summed E-state index contributed by atoms with van der Waals surface area (Å²) >= 11 is 5.23. The predicted octanol–water partition coefficient (Wildman–Crippen LogP) is 2.60. The van der Waals surface area contributed by atoms with Crippen LogP contribution < -0.4 is 9.74 Å². The Balaban J connectivity index is 1.76. The summed E-state index contributed by atoms with van der Waals surface area (Å²) < 4.78 is 6.73. The van der Waals surface area contributed by atoms with Crippen molar-refractivity contribution in [3.05, 3.63) is 58.9 Å². The lowest BCUT2D eigenvalue weighted by Gasteiger charge is -2.33. The van der Waals surface area contributed by atoms with Crippen LogP contribution in [-0.4, -0.2) is 48.6 Å². The van der Waals surface area contributed by atoms with Gasteiger partial charge in [-0.05, 0) is 30.8 Å². The van der Waals surface area contributed by atoms with Gasteiger partial charge in [0, 0.05) is 18.2 Å². The van der Waals surface area contributed by atoms with Crippen molar-refractivity contribution in [3.8, 4) is 0 Å². The van der Waals surface area contributed by atoms with Crippen molar-refractivity contribution in [2.45, 2.75) is 18.5 Å². The number of likely N-dealkylation sites (N-methyl/N-ethyl adjacent to an activating group) is 1. The highest BCUT2D eigenvalue weighted by molar-refractivity contribution is 7.71. The molecule has 2 aliphatic rings. The molecule has 3 atom stereocenters. The molecule has 1 fully saturated rings. The molecule has 2 aliphatic heterocycles. The van der Waals surface area contributed by atoms with Gasteiger partial charge in [0.25, 0.3) is 0 Å². The van der Waals surface area contributed by atoms with Crippen LogP contribution in [0.1, 0.15) is 12.5 Å². The number of amides is 1. The minimum atomic E-state index is -0.645. The Kier molecular flexibility index (Phi) is 4.47. The number of hydrogen-bond donors (Lipinski definition) is 0. The molecule has 1 amide bonds. The highest BCUT2D eigenvalue weighted by atomic mass is 32.1. The standard InChI is InChI=1S/C20H21N3O4S/c1-20-13-8-4-5-9-15(13)23(19(25)26-3)18(20)21(2)12-14(20)17(24)27-22-11-7-6-10-16(22)28/h4-11,14,18H,12H2,1-3H3/t14?,18-,20-/m1/s1. The van der Waals surface area contributed by atoms with Gasteiger partial charge >= 0.3 is 12.1 Å². The SMILES string of the molecule is COC(=O)N1c2ccccc2[C@]2(C)C(C(=O)On3ccccc3=S)CN(C)[C@H]12. The Bertz CT molecular complexity index is 1010. The van der Waals surface area contributed by atoms with Gasteiger partial charge in [0.2, 0.25) is 0 Å². The summed E-state index contributed by atoms with van der Waals surface area (Å²) in [5.41, 5.74) is 1.03. The number of hydrogen-bond acceptors (Lipinski definition) is 6. The lowest BCUT2D eigenvalue weighted by atomic mass is 9.74. The number of benzene rings is 1. The van der Waals surface area contributed by atoms with Crippen LogP contribution in [-0.2, 0) is 14.9 Å². The number of nitrogens with zero attached hydrogens (tertiary/aromatic N) is 3. The molecule has 146 valence electrons. The third kappa shape index (κ3) is 2.56. The molecule has 0 saturated carbocycles. The van der Waals surface area contributed by atoms with E-state index in [1.165, 1.54) is 11.8 Å². The summed E-state index contributed by atoms with van der Waals surface area (Å²) in [6.07, 6.45) is 0.813. The number of likely N-dealkylation sites (tertiary alicyclic amines) is 1. The third-order valence-electron chi connectivity index (χ3n) is 5.77. The summed E-state index contributed by atoms with van der Waals surface area (Å²) in [7, 11) is 3.25. The van der Waals surface area contributed by atoms with E-state index in [0.717, 1.165) is 11.3 Å². The Morgan fingerprint density at radius 2 is 1.89 bits per heavy atom. The zero-order valence-electron chi connectivity index (χ0n) is 15.9. The minimum Gasteiger partial charge on any atom is -0.452 e. The average molecular weight is 399 g/mol. The number of rotatable bonds is 2. The molecule has 1 aromatic carbocycles. The Hall–Kier alpha value is -2.71. The van der Waals surface area contributed by atoms with Gasteiger partial charge in [-0.15, -0.1) is 0 Å². The largest absolute Gasteiger partial charge is 0.452 e. The molecule has 0 aliphatic carbocycles. The second-order valence-corrected chi connectivity index (χ2v) is 7.70. The molecule has 28 heavy (non-hydrogen) atoms. The lowest BCUT2D eigenvalue weighted by molar-refractivity contribution is -0.150. The Morgan fingerprint density at radius 3 is 2.61 bits per heavy atom. The number of ether oxygens (including phenoxy) is 1. The zero-order chi connectivity index (χ0) is 20.1. The van der Waals surface area contributed by atoms with Crippen molar-refractivity contribution in [1.29, 1.82) is 0 Å². The van der Waals surface area contributed by atoms with E-state index in [9.17, 15) is 9.59 Å². The van der Waals surface area contributed by atoms with Gasteiger partial charge in [-0.3, -0.25) is 9.80 Å². The van der Waals surface area contributed by atoms with E-state index in [1.54, 1.807) is 29.3 Å². The van der Waals surface area contributed by atoms with E-state index in [-0.39, 0.29) is 12.1 Å². The smallest absolute Gasteiger partial charge is 0.415 e. The molecule has 1 unspecified atom stereocenters. The van der Waals surface area contributed by atoms with Crippen LogP contribution in [0.2, 0.25) is 0 Å². The van der Waals surface area contributed by atoms with Crippen LogP contribution in [0.5, 0.6) is 0 Å². The van der Waals surface area contributed by atoms with Crippen molar-refractivity contribution in [2.24, 2.45) is 5.92 Å². The average Bonchev–Trinajstić information content (AvgIpc) is 3.11. The first-order chi connectivity index (χ1) is 13.4. The van der Waals surface area contributed by atoms with Gasteiger partial charge in [0.1, 0.15) is 10.8 Å². The minimum absolute atomic E-state index is 0.348. The van der Waals surface area contributed by atoms with Crippen LogP contribution >= 0.6 is 12.2 Å². The number of carbonyl (C=O) groups is 2. The number of carbonyl (C=O) groups excluding carboxylic acids is 2. The van der Waals surface area contributed by atoms with E-state index in [2.05, 4.69) is 0 Å². The molecule has 2 aromatic rings. The molecule has 4 rings (SSSR count). The number of methoxy groups -OCH3 is 1. The molecule has 1 saturated heterocycles. The van der Waals surface area contributed by atoms with Crippen molar-refractivity contribution in [2.75, 3.05) is 25.6 Å². The molecule has 0 N–H and O–H groups in total. The molecular formula is C20H21N3O4S. The van der Waals surface area contributed by atoms with Crippen molar-refractivity contribution >= 4 is 30.0 Å². The molecule has 8 heteroatoms. The maximum absolute atomic E-state index is 13.2. The van der Waals surface area contributed by atoms with Crippen LogP contribution in [0.3, 0.4) is 0 Å². The van der Waals surface area contributed by atoms with Gasteiger partial charge in [0.15, 0.2) is 0 Å². The quantitative estimate of drug-likeness (QED) is 0.724. The van der Waals surface area contributed by atoms with Gasteiger partial charge in [-0.1, -0.05) is 43.4 Å². The second-order valence-electron chi connectivity index (χ2n) is 7.28. The second kappa shape index (κ2) is 6.72. The van der Waals surface area contributed by atoms with E-state index >= 15 is 0 Å². The van der Waals surface area contributed by atoms with Crippen molar-refractivity contribution in [3.63, 3.8) is 0 Å². The van der Waals surface area contributed by atoms with E-state index < -0.39 is 17.4 Å². The van der Waals surface area contributed by atoms with Crippen LogP contribution in [0.4, 0.5) is 10.5 Å². The van der Waals surface area contributed by atoms with Crippen LogP contribution in [0, 0.1) is 10.6 Å². The van der Waals surface area contributed by atoms with Gasteiger partial charge in [0.05, 0.1) is 18.7 Å². The molecule has 0 radical (unpaired) electrons. The highest BCUT2D eigenvalue weighted by Gasteiger charge is 2.63. The summed E-state index contributed by atoms with van der Waals surface area (Å²) in [6.45, 7) is 2.45. The highest BCUT2D eigenvalue weighted by Crippen LogP contribution is 2.54. The van der Waals surface area contributed by atoms with E-state index in [1.807, 2.05) is 43.1 Å². The van der Waals surface area contributed by atoms with Crippen molar-refractivity contribution in [1.82, 2.24) is 9.63 Å². The molecule has 1 aromatic heterocycles. The normalized spacial score (nSPS) is 25.9. The number of anilines is 1. The molecule has 0 spiro atoms. The predicted molar refractivity (Wildman–Crippen MR) is 105 cm³/mol. The van der Waals surface area contributed by atoms with Crippen molar-refractivity contribution < 1.29 is 19.2 Å². The lowest BCUT2D eigenvalue weighted by Crippen LogP contribution is -2.51. The topological polar surface area (TPSA) is 64.0 Å². The Labute approximate surface area is 168 Å². The monoisotopic (exact) mass is 399 g/mol. The number of fused-ring (bicyclic) bond motifs is 3. The van der Waals surface area contributed by atoms with Gasteiger partial charge in [-0.25, -0.2) is 9.59 Å². The first-order valence-electron chi connectivity index (χ1n) is 8.96. The summed E-state index contributed by atoms with van der Waals surface area (Å²) in [4.78, 5) is 34.9. The fourth-order valence-electron chi connectivity index (χ4n) is 4.54. The summed E-state index contributed by atoms with van der Waals surface area (Å²) in [6, 6.07) is 12.8. The number of para-hydroxylation sites is 1. The summed E-state index contributed by atoms with van der Waals surface area (Å²) in [5, 5.41) is 0. The molecule has 3 heterocycles. The van der Waals surface area contributed by atoms with E-state index in [0.29, 0.717) is 11.2 Å². The van der Waals surface area contributed by atoms with Crippen LogP contribution in [0.25, 0.3) is 0 Å². The first kappa shape index (κ1) is 18.6. The van der Waals surface area contributed by atoms with E-state index in [4.69, 9.17) is 21.8 Å². The van der Waals surface area contributed by atoms with Gasteiger partial charge in [-0.2, -0.15) is 4.73 Å². The molecular weight excluding hydrogens is 378 g/mol. The van der Waals surface area contributed by atoms with Gasteiger partial charge < -0.3 is 9.57 Å². The third-order valence-corrected chi connectivity index (χ3v) is 6.09. The maximum Gasteiger partial charge on any atom is 0.415 e. The summed E-state index contributed by atoms with van der Waals surface area (Å²) in [5.74, 6) is -0.874. The fourth-order valence-corrected chi connectivity index (χ4v) is 4.72. The molecule has 0 bridgehead atoms. The first-order valence-corrected chi connectivity index (χ1v) is 9.37. The number of aromatic nitrogens is 1. The fraction of sp³-hybridized carbons (Fsp3) is 0.350. The molecule has 7 nitrogen and oxygen atoms in total. The number of pyridine rings is 1. The Morgan fingerprint density at radius 1 is 1.18 bits per heavy atom. The maximum atomic E-state index is 13.2. The zero-order valence-corrected chi connectivity index (χ0v) is 16.7. The van der Waals surface area contributed by atoms with Crippen LogP contribution in [0.15, 0.2) is 48.7 Å².